The van der Waals surface area contributed by atoms with Crippen molar-refractivity contribution in [2.45, 2.75) is 0 Å². The third kappa shape index (κ3) is 5.26. The van der Waals surface area contributed by atoms with Crippen molar-refractivity contribution in [2.24, 2.45) is 0 Å². The molecule has 0 aliphatic rings. The van der Waals surface area contributed by atoms with Gasteiger partial charge in [-0.25, -0.2) is 0 Å². The first-order valence-electron chi connectivity index (χ1n) is 19.2. The van der Waals surface area contributed by atoms with E-state index in [1.807, 2.05) is 12.1 Å². The molecular weight excluding hydrogens is 679 g/mol. The summed E-state index contributed by atoms with van der Waals surface area (Å²) in [5.74, 6) is 0. The minimum absolute atomic E-state index is 0.906. The molecule has 11 aromatic rings. The molecule has 0 fully saturated rings. The second-order valence-electron chi connectivity index (χ2n) is 14.4. The lowest BCUT2D eigenvalue weighted by atomic mass is 9.93. The summed E-state index contributed by atoms with van der Waals surface area (Å²) in [6.45, 7) is 0. The highest BCUT2D eigenvalue weighted by atomic mass is 16.3. The van der Waals surface area contributed by atoms with Gasteiger partial charge in [0.05, 0.1) is 0 Å². The van der Waals surface area contributed by atoms with Gasteiger partial charge in [-0.3, -0.25) is 0 Å². The number of rotatable bonds is 6. The van der Waals surface area contributed by atoms with Crippen LogP contribution in [0.3, 0.4) is 0 Å². The number of hydrogen-bond acceptors (Lipinski definition) is 2. The zero-order chi connectivity index (χ0) is 37.0. The number of hydrogen-bond donors (Lipinski definition) is 0. The van der Waals surface area contributed by atoms with E-state index < -0.39 is 0 Å². The predicted molar refractivity (Wildman–Crippen MR) is 237 cm³/mol. The lowest BCUT2D eigenvalue weighted by Crippen LogP contribution is -2.10. The standard InChI is InChI=1S/C54H35NO/c1-2-13-36(14-3-1)37-25-29-39(30-26-37)55(41-33-34-48-46-19-7-6-17-44(46)45-18-8-9-20-47(45)52(48)35-41)40-31-27-38(28-32-40)42-15-4-5-16-43(42)50-22-12-23-51-49-21-10-11-24-53(49)56-54(50)51/h1-35H. The van der Waals surface area contributed by atoms with Crippen LogP contribution in [0.1, 0.15) is 0 Å². The van der Waals surface area contributed by atoms with Crippen LogP contribution in [-0.4, -0.2) is 0 Å². The zero-order valence-corrected chi connectivity index (χ0v) is 30.6. The average Bonchev–Trinajstić information content (AvgIpc) is 3.67. The van der Waals surface area contributed by atoms with E-state index in [2.05, 4.69) is 205 Å². The van der Waals surface area contributed by atoms with Gasteiger partial charge in [-0.2, -0.15) is 0 Å². The molecule has 10 aromatic carbocycles. The fourth-order valence-corrected chi connectivity index (χ4v) is 8.63. The molecule has 11 rings (SSSR count). The zero-order valence-electron chi connectivity index (χ0n) is 30.6. The van der Waals surface area contributed by atoms with Crippen LogP contribution in [0.5, 0.6) is 0 Å². The quantitative estimate of drug-likeness (QED) is 0.160. The summed E-state index contributed by atoms with van der Waals surface area (Å²) in [6, 6.07) is 76.4. The molecule has 1 heterocycles. The predicted octanol–water partition coefficient (Wildman–Crippen LogP) is 15.5. The van der Waals surface area contributed by atoms with Crippen LogP contribution in [0.2, 0.25) is 0 Å². The molecule has 0 atom stereocenters. The fourth-order valence-electron chi connectivity index (χ4n) is 8.63. The van der Waals surface area contributed by atoms with E-state index in [0.717, 1.165) is 61.3 Å². The van der Waals surface area contributed by atoms with Crippen LogP contribution in [0.25, 0.3) is 87.6 Å². The third-order valence-electron chi connectivity index (χ3n) is 11.3. The molecule has 1 aromatic heterocycles. The molecule has 0 saturated carbocycles. The first-order valence-corrected chi connectivity index (χ1v) is 19.2. The summed E-state index contributed by atoms with van der Waals surface area (Å²) in [5, 5.41) is 9.85. The smallest absolute Gasteiger partial charge is 0.143 e. The molecule has 2 nitrogen and oxygen atoms in total. The molecule has 262 valence electrons. The molecule has 2 heteroatoms. The van der Waals surface area contributed by atoms with Crippen molar-refractivity contribution in [3.05, 3.63) is 212 Å². The van der Waals surface area contributed by atoms with Gasteiger partial charge in [-0.15, -0.1) is 0 Å². The van der Waals surface area contributed by atoms with Gasteiger partial charge in [0.15, 0.2) is 0 Å². The van der Waals surface area contributed by atoms with Crippen LogP contribution >= 0.6 is 0 Å². The van der Waals surface area contributed by atoms with Crippen LogP contribution in [0.15, 0.2) is 217 Å². The van der Waals surface area contributed by atoms with Crippen molar-refractivity contribution < 1.29 is 4.42 Å². The third-order valence-corrected chi connectivity index (χ3v) is 11.3. The maximum Gasteiger partial charge on any atom is 0.143 e. The number of benzene rings is 10. The van der Waals surface area contributed by atoms with E-state index in [9.17, 15) is 0 Å². The van der Waals surface area contributed by atoms with Gasteiger partial charge in [0, 0.05) is 33.4 Å². The highest BCUT2D eigenvalue weighted by Gasteiger charge is 2.18. The Labute approximate surface area is 325 Å². The first kappa shape index (κ1) is 32.0. The minimum atomic E-state index is 0.906. The number of anilines is 3. The SMILES string of the molecule is c1ccc(-c2ccc(N(c3ccc(-c4ccccc4-c4cccc5c4oc4ccccc45)cc3)c3ccc4c5ccccc5c5ccccc5c4c3)cc2)cc1. The Kier molecular flexibility index (Phi) is 7.53. The van der Waals surface area contributed by atoms with Crippen molar-refractivity contribution in [3.8, 4) is 33.4 Å². The van der Waals surface area contributed by atoms with E-state index >= 15 is 0 Å². The van der Waals surface area contributed by atoms with E-state index in [-0.39, 0.29) is 0 Å². The number of fused-ring (bicyclic) bond motifs is 9. The molecule has 0 bridgehead atoms. The van der Waals surface area contributed by atoms with Gasteiger partial charge in [-0.05, 0) is 103 Å². The molecule has 0 N–H and O–H groups in total. The summed E-state index contributed by atoms with van der Waals surface area (Å²) >= 11 is 0. The van der Waals surface area contributed by atoms with Crippen LogP contribution < -0.4 is 4.90 Å². The summed E-state index contributed by atoms with van der Waals surface area (Å²) in [7, 11) is 0. The lowest BCUT2D eigenvalue weighted by Gasteiger charge is -2.27. The normalized spacial score (nSPS) is 11.6. The van der Waals surface area contributed by atoms with Gasteiger partial charge in [0.25, 0.3) is 0 Å². The highest BCUT2D eigenvalue weighted by Crippen LogP contribution is 2.43. The summed E-state index contributed by atoms with van der Waals surface area (Å²) < 4.78 is 6.49. The molecule has 56 heavy (non-hydrogen) atoms. The fraction of sp³-hybridized carbons (Fsp3) is 0. The van der Waals surface area contributed by atoms with E-state index in [1.165, 1.54) is 43.4 Å². The Hall–Kier alpha value is -7.42. The number of nitrogens with zero attached hydrogens (tertiary/aromatic N) is 1. The summed E-state index contributed by atoms with van der Waals surface area (Å²) in [4.78, 5) is 2.38. The van der Waals surface area contributed by atoms with Crippen LogP contribution in [0.4, 0.5) is 17.1 Å². The minimum Gasteiger partial charge on any atom is -0.455 e. The Morgan fingerprint density at radius 3 is 1.41 bits per heavy atom. The summed E-state index contributed by atoms with van der Waals surface area (Å²) in [5.41, 5.74) is 12.1. The molecule has 0 amide bonds. The lowest BCUT2D eigenvalue weighted by molar-refractivity contribution is 0.670. The average molecular weight is 714 g/mol. The van der Waals surface area contributed by atoms with Gasteiger partial charge >= 0.3 is 0 Å². The topological polar surface area (TPSA) is 16.4 Å². The largest absolute Gasteiger partial charge is 0.455 e. The molecule has 0 unspecified atom stereocenters. The van der Waals surface area contributed by atoms with E-state index in [1.54, 1.807) is 0 Å². The number of furan rings is 1. The van der Waals surface area contributed by atoms with Gasteiger partial charge in [0.2, 0.25) is 0 Å². The molecule has 0 spiro atoms. The molecule has 0 aliphatic carbocycles. The van der Waals surface area contributed by atoms with Crippen molar-refractivity contribution in [1.82, 2.24) is 0 Å². The maximum atomic E-state index is 6.49. The van der Waals surface area contributed by atoms with Gasteiger partial charge in [0.1, 0.15) is 11.2 Å². The van der Waals surface area contributed by atoms with E-state index in [4.69, 9.17) is 4.42 Å². The highest BCUT2D eigenvalue weighted by molar-refractivity contribution is 6.25. The Morgan fingerprint density at radius 1 is 0.268 bits per heavy atom. The van der Waals surface area contributed by atoms with Crippen molar-refractivity contribution in [3.63, 3.8) is 0 Å². The Balaban J connectivity index is 1.06. The van der Waals surface area contributed by atoms with Crippen LogP contribution in [0, 0.1) is 0 Å². The second-order valence-corrected chi connectivity index (χ2v) is 14.4. The summed E-state index contributed by atoms with van der Waals surface area (Å²) in [6.07, 6.45) is 0. The van der Waals surface area contributed by atoms with Crippen molar-refractivity contribution >= 4 is 71.3 Å². The van der Waals surface area contributed by atoms with Crippen molar-refractivity contribution in [2.75, 3.05) is 4.90 Å². The van der Waals surface area contributed by atoms with Gasteiger partial charge in [-0.1, -0.05) is 170 Å². The van der Waals surface area contributed by atoms with Crippen molar-refractivity contribution in [1.29, 1.82) is 0 Å². The molecule has 0 saturated heterocycles. The Bertz CT molecular complexity index is 3200. The second kappa shape index (κ2) is 13.2. The first-order chi connectivity index (χ1) is 27.8. The van der Waals surface area contributed by atoms with Crippen LogP contribution in [-0.2, 0) is 0 Å². The Morgan fingerprint density at radius 2 is 0.732 bits per heavy atom. The van der Waals surface area contributed by atoms with Gasteiger partial charge < -0.3 is 9.32 Å². The number of para-hydroxylation sites is 2. The maximum absolute atomic E-state index is 6.49. The monoisotopic (exact) mass is 713 g/mol. The molecule has 0 aliphatic heterocycles. The van der Waals surface area contributed by atoms with E-state index in [0.29, 0.717) is 0 Å². The molecular formula is C54H35NO. The molecule has 0 radical (unpaired) electrons.